The van der Waals surface area contributed by atoms with E-state index in [2.05, 4.69) is 10.6 Å². The highest BCUT2D eigenvalue weighted by molar-refractivity contribution is 6.44. The number of nitrogens with one attached hydrogen (secondary N) is 2. The minimum absolute atomic E-state index is 0.0512. The molecule has 1 saturated heterocycles. The Hall–Kier alpha value is -0.480. The first-order valence-electron chi connectivity index (χ1n) is 7.26. The summed E-state index contributed by atoms with van der Waals surface area (Å²) in [6.07, 6.45) is 5.81. The zero-order chi connectivity index (χ0) is 15.0. The van der Waals surface area contributed by atoms with Crippen molar-refractivity contribution in [3.05, 3.63) is 27.2 Å². The summed E-state index contributed by atoms with van der Waals surface area (Å²) in [7, 11) is 0. The first-order chi connectivity index (χ1) is 10.0. The van der Waals surface area contributed by atoms with Crippen LogP contribution in [0.5, 0.6) is 0 Å². The van der Waals surface area contributed by atoms with Crippen molar-refractivity contribution < 1.29 is 4.79 Å². The van der Waals surface area contributed by atoms with Gasteiger partial charge in [-0.15, -0.1) is 0 Å². The zero-order valence-corrected chi connectivity index (χ0v) is 13.7. The van der Waals surface area contributed by atoms with E-state index in [1.165, 1.54) is 25.7 Å². The molecule has 3 rings (SSSR count). The Kier molecular flexibility index (Phi) is 4.65. The lowest BCUT2D eigenvalue weighted by Crippen LogP contribution is -2.39. The Bertz CT molecular complexity index is 550. The number of halogens is 3. The summed E-state index contributed by atoms with van der Waals surface area (Å²) in [5.74, 6) is 0.573. The molecule has 1 aromatic carbocycles. The van der Waals surface area contributed by atoms with Crippen molar-refractivity contribution in [2.45, 2.75) is 44.2 Å². The van der Waals surface area contributed by atoms with Crippen LogP contribution in [0.3, 0.4) is 0 Å². The molecule has 3 unspecified atom stereocenters. The van der Waals surface area contributed by atoms with Crippen molar-refractivity contribution in [2.75, 3.05) is 5.32 Å². The number of hydrogen-bond donors (Lipinski definition) is 2. The van der Waals surface area contributed by atoms with Gasteiger partial charge in [0.1, 0.15) is 0 Å². The standard InChI is InChI=1S/C15H17Cl3N2O/c16-9-6-11(18)13(7-10(9)17)20-15(21)14-5-8-3-1-2-4-12(8)19-14/h6-8,12,14,19H,1-5H2,(H,20,21). The second-order valence-corrected chi connectivity index (χ2v) is 7.06. The van der Waals surface area contributed by atoms with E-state index in [0.29, 0.717) is 32.7 Å². The fraction of sp³-hybridized carbons (Fsp3) is 0.533. The summed E-state index contributed by atoms with van der Waals surface area (Å²) < 4.78 is 0. The van der Waals surface area contributed by atoms with E-state index in [4.69, 9.17) is 34.8 Å². The highest BCUT2D eigenvalue weighted by atomic mass is 35.5. The Morgan fingerprint density at radius 1 is 1.10 bits per heavy atom. The van der Waals surface area contributed by atoms with Crippen LogP contribution >= 0.6 is 34.8 Å². The molecule has 2 N–H and O–H groups in total. The Labute approximate surface area is 139 Å². The van der Waals surface area contributed by atoms with Crippen LogP contribution in [0.1, 0.15) is 32.1 Å². The van der Waals surface area contributed by atoms with Gasteiger partial charge in [0.15, 0.2) is 0 Å². The number of amides is 1. The second kappa shape index (κ2) is 6.33. The fourth-order valence-corrected chi connectivity index (χ4v) is 3.95. The van der Waals surface area contributed by atoms with E-state index >= 15 is 0 Å². The number of fused-ring (bicyclic) bond motifs is 1. The second-order valence-electron chi connectivity index (χ2n) is 5.84. The molecule has 1 heterocycles. The third-order valence-electron chi connectivity index (χ3n) is 4.45. The van der Waals surface area contributed by atoms with Gasteiger partial charge in [0.05, 0.1) is 26.8 Å². The topological polar surface area (TPSA) is 41.1 Å². The molecule has 0 aromatic heterocycles. The van der Waals surface area contributed by atoms with Crippen LogP contribution in [0.2, 0.25) is 15.1 Å². The summed E-state index contributed by atoms with van der Waals surface area (Å²) >= 11 is 18.0. The quantitative estimate of drug-likeness (QED) is 0.773. The van der Waals surface area contributed by atoms with E-state index in [1.54, 1.807) is 12.1 Å². The number of carbonyl (C=O) groups is 1. The van der Waals surface area contributed by atoms with Crippen LogP contribution < -0.4 is 10.6 Å². The van der Waals surface area contributed by atoms with E-state index in [9.17, 15) is 4.79 Å². The molecule has 3 nitrogen and oxygen atoms in total. The molecule has 0 spiro atoms. The number of anilines is 1. The molecule has 2 fully saturated rings. The summed E-state index contributed by atoms with van der Waals surface area (Å²) in [6.45, 7) is 0. The molecular weight excluding hydrogens is 331 g/mol. The monoisotopic (exact) mass is 346 g/mol. The molecule has 21 heavy (non-hydrogen) atoms. The highest BCUT2D eigenvalue weighted by Crippen LogP contribution is 2.35. The van der Waals surface area contributed by atoms with Gasteiger partial charge in [0.25, 0.3) is 0 Å². The van der Waals surface area contributed by atoms with Gasteiger partial charge in [-0.05, 0) is 37.3 Å². The predicted octanol–water partition coefficient (Wildman–Crippen LogP) is 4.51. The predicted molar refractivity (Wildman–Crippen MR) is 87.4 cm³/mol. The van der Waals surface area contributed by atoms with Gasteiger partial charge in [-0.25, -0.2) is 0 Å². The Balaban J connectivity index is 1.68. The van der Waals surface area contributed by atoms with Crippen molar-refractivity contribution in [3.8, 4) is 0 Å². The number of benzene rings is 1. The molecule has 3 atom stereocenters. The van der Waals surface area contributed by atoms with Crippen molar-refractivity contribution in [1.29, 1.82) is 0 Å². The van der Waals surface area contributed by atoms with Crippen LogP contribution in [-0.2, 0) is 4.79 Å². The lowest BCUT2D eigenvalue weighted by Gasteiger charge is -2.24. The molecule has 1 saturated carbocycles. The number of carbonyl (C=O) groups excluding carboxylic acids is 1. The normalized spacial score (nSPS) is 28.2. The minimum atomic E-state index is -0.149. The molecule has 2 aliphatic rings. The average Bonchev–Trinajstić information content (AvgIpc) is 2.88. The lowest BCUT2D eigenvalue weighted by molar-refractivity contribution is -0.117. The molecular formula is C15H17Cl3N2O. The van der Waals surface area contributed by atoms with E-state index in [-0.39, 0.29) is 11.9 Å². The Morgan fingerprint density at radius 2 is 1.81 bits per heavy atom. The van der Waals surface area contributed by atoms with E-state index < -0.39 is 0 Å². The first-order valence-corrected chi connectivity index (χ1v) is 8.39. The maximum Gasteiger partial charge on any atom is 0.241 e. The van der Waals surface area contributed by atoms with Gasteiger partial charge < -0.3 is 10.6 Å². The van der Waals surface area contributed by atoms with Gasteiger partial charge in [-0.3, -0.25) is 4.79 Å². The summed E-state index contributed by atoms with van der Waals surface area (Å²) in [5, 5.41) is 7.45. The molecule has 0 radical (unpaired) electrons. The molecule has 0 bridgehead atoms. The largest absolute Gasteiger partial charge is 0.323 e. The third kappa shape index (κ3) is 3.31. The van der Waals surface area contributed by atoms with Gasteiger partial charge in [0.2, 0.25) is 5.91 Å². The van der Waals surface area contributed by atoms with Crippen LogP contribution in [0.15, 0.2) is 12.1 Å². The SMILES string of the molecule is O=C(Nc1cc(Cl)c(Cl)cc1Cl)C1CC2CCCCC2N1. The number of hydrogen-bond acceptors (Lipinski definition) is 2. The van der Waals surface area contributed by atoms with Crippen molar-refractivity contribution in [3.63, 3.8) is 0 Å². The van der Waals surface area contributed by atoms with E-state index in [0.717, 1.165) is 6.42 Å². The van der Waals surface area contributed by atoms with Crippen LogP contribution in [-0.4, -0.2) is 18.0 Å². The molecule has 1 aliphatic heterocycles. The highest BCUT2D eigenvalue weighted by Gasteiger charge is 2.38. The number of rotatable bonds is 2. The third-order valence-corrected chi connectivity index (χ3v) is 5.48. The fourth-order valence-electron chi connectivity index (χ4n) is 3.36. The first kappa shape index (κ1) is 15.4. The maximum absolute atomic E-state index is 12.4. The van der Waals surface area contributed by atoms with E-state index in [1.807, 2.05) is 0 Å². The van der Waals surface area contributed by atoms with Crippen LogP contribution in [0.25, 0.3) is 0 Å². The maximum atomic E-state index is 12.4. The van der Waals surface area contributed by atoms with Crippen LogP contribution in [0, 0.1) is 5.92 Å². The molecule has 1 aromatic rings. The summed E-state index contributed by atoms with van der Waals surface area (Å²) in [6, 6.07) is 3.47. The molecule has 1 amide bonds. The lowest BCUT2D eigenvalue weighted by atomic mass is 9.85. The zero-order valence-electron chi connectivity index (χ0n) is 11.5. The van der Waals surface area contributed by atoms with Crippen molar-refractivity contribution >= 4 is 46.4 Å². The van der Waals surface area contributed by atoms with Crippen molar-refractivity contribution in [2.24, 2.45) is 5.92 Å². The molecule has 6 heteroatoms. The summed E-state index contributed by atoms with van der Waals surface area (Å²) in [5.41, 5.74) is 0.507. The summed E-state index contributed by atoms with van der Waals surface area (Å²) in [4.78, 5) is 12.4. The van der Waals surface area contributed by atoms with Gasteiger partial charge in [-0.1, -0.05) is 47.6 Å². The minimum Gasteiger partial charge on any atom is -0.323 e. The van der Waals surface area contributed by atoms with Crippen LogP contribution in [0.4, 0.5) is 5.69 Å². The molecule has 1 aliphatic carbocycles. The smallest absolute Gasteiger partial charge is 0.241 e. The average molecular weight is 348 g/mol. The van der Waals surface area contributed by atoms with Gasteiger partial charge in [-0.2, -0.15) is 0 Å². The van der Waals surface area contributed by atoms with Gasteiger partial charge in [0, 0.05) is 6.04 Å². The Morgan fingerprint density at radius 3 is 2.57 bits per heavy atom. The van der Waals surface area contributed by atoms with Crippen molar-refractivity contribution in [1.82, 2.24) is 5.32 Å². The van der Waals surface area contributed by atoms with Gasteiger partial charge >= 0.3 is 0 Å². The molecule has 114 valence electrons.